The summed E-state index contributed by atoms with van der Waals surface area (Å²) in [4.78, 5) is 4.49. The third kappa shape index (κ3) is 3.44. The normalized spacial score (nSPS) is 12.1. The molecular formula is C18H21N3O3. The Bertz CT molecular complexity index is 758. The molecule has 0 aliphatic carbocycles. The molecule has 1 unspecified atom stereocenters. The summed E-state index contributed by atoms with van der Waals surface area (Å²) in [5.74, 6) is 3.24. The Morgan fingerprint density at radius 1 is 1.21 bits per heavy atom. The summed E-state index contributed by atoms with van der Waals surface area (Å²) in [5, 5.41) is 3.50. The van der Waals surface area contributed by atoms with Crippen molar-refractivity contribution in [2.75, 3.05) is 14.2 Å². The number of ether oxygens (including phenoxy) is 2. The average molecular weight is 327 g/mol. The number of aromatic nitrogens is 2. The largest absolute Gasteiger partial charge is 0.497 e. The average Bonchev–Trinajstić information content (AvgIpc) is 3.27. The Balaban J connectivity index is 1.96. The predicted molar refractivity (Wildman–Crippen MR) is 90.1 cm³/mol. The number of rotatable bonds is 7. The van der Waals surface area contributed by atoms with E-state index >= 15 is 0 Å². The molecule has 1 atom stereocenters. The minimum Gasteiger partial charge on any atom is -0.497 e. The third-order valence-corrected chi connectivity index (χ3v) is 3.88. The monoisotopic (exact) mass is 327 g/mol. The van der Waals surface area contributed by atoms with Crippen LogP contribution in [-0.2, 0) is 13.6 Å². The second kappa shape index (κ2) is 7.23. The van der Waals surface area contributed by atoms with Gasteiger partial charge < -0.3 is 18.5 Å². The molecule has 2 aromatic heterocycles. The van der Waals surface area contributed by atoms with Crippen LogP contribution in [0.1, 0.15) is 23.2 Å². The van der Waals surface area contributed by atoms with E-state index in [9.17, 15) is 0 Å². The molecule has 24 heavy (non-hydrogen) atoms. The lowest BCUT2D eigenvalue weighted by molar-refractivity contribution is 0.391. The highest BCUT2D eigenvalue weighted by Gasteiger charge is 2.20. The minimum atomic E-state index is -0.126. The van der Waals surface area contributed by atoms with Crippen LogP contribution < -0.4 is 14.8 Å². The number of furan rings is 1. The Kier molecular flexibility index (Phi) is 4.86. The summed E-state index contributed by atoms with van der Waals surface area (Å²) in [5.41, 5.74) is 1.01. The van der Waals surface area contributed by atoms with Gasteiger partial charge in [0.1, 0.15) is 23.1 Å². The SMILES string of the molecule is COc1cc(OC)cc(C(NCc2ccco2)c2nccn2C)c1. The second-order valence-electron chi connectivity index (χ2n) is 5.44. The van der Waals surface area contributed by atoms with Crippen molar-refractivity contribution < 1.29 is 13.9 Å². The van der Waals surface area contributed by atoms with Gasteiger partial charge in [0.25, 0.3) is 0 Å². The Morgan fingerprint density at radius 3 is 2.50 bits per heavy atom. The van der Waals surface area contributed by atoms with E-state index in [0.717, 1.165) is 28.6 Å². The summed E-state index contributed by atoms with van der Waals surface area (Å²) < 4.78 is 18.2. The van der Waals surface area contributed by atoms with Gasteiger partial charge in [0.05, 0.1) is 33.1 Å². The Morgan fingerprint density at radius 2 is 1.96 bits per heavy atom. The molecule has 0 spiro atoms. The molecule has 1 aromatic carbocycles. The predicted octanol–water partition coefficient (Wildman–Crippen LogP) is 2.91. The van der Waals surface area contributed by atoms with Gasteiger partial charge >= 0.3 is 0 Å². The minimum absolute atomic E-state index is 0.126. The van der Waals surface area contributed by atoms with E-state index in [1.165, 1.54) is 0 Å². The van der Waals surface area contributed by atoms with Gasteiger partial charge in [-0.2, -0.15) is 0 Å². The maximum absolute atomic E-state index is 5.42. The molecular weight excluding hydrogens is 306 g/mol. The smallest absolute Gasteiger partial charge is 0.130 e. The van der Waals surface area contributed by atoms with Gasteiger partial charge in [0.2, 0.25) is 0 Å². The van der Waals surface area contributed by atoms with Gasteiger partial charge in [-0.15, -0.1) is 0 Å². The van der Waals surface area contributed by atoms with Crippen molar-refractivity contribution in [2.45, 2.75) is 12.6 Å². The highest BCUT2D eigenvalue weighted by molar-refractivity contribution is 5.41. The van der Waals surface area contributed by atoms with Gasteiger partial charge in [-0.05, 0) is 29.8 Å². The Labute approximate surface area is 141 Å². The maximum Gasteiger partial charge on any atom is 0.130 e. The van der Waals surface area contributed by atoms with Crippen LogP contribution in [0.4, 0.5) is 0 Å². The van der Waals surface area contributed by atoms with Gasteiger partial charge in [-0.3, -0.25) is 5.32 Å². The van der Waals surface area contributed by atoms with Crippen molar-refractivity contribution in [1.82, 2.24) is 14.9 Å². The van der Waals surface area contributed by atoms with E-state index < -0.39 is 0 Å². The first kappa shape index (κ1) is 16.1. The van der Waals surface area contributed by atoms with Crippen LogP contribution >= 0.6 is 0 Å². The molecule has 3 rings (SSSR count). The molecule has 0 fully saturated rings. The number of nitrogens with zero attached hydrogens (tertiary/aromatic N) is 2. The number of hydrogen-bond donors (Lipinski definition) is 1. The van der Waals surface area contributed by atoms with Gasteiger partial charge in [-0.25, -0.2) is 4.98 Å². The van der Waals surface area contributed by atoms with Crippen LogP contribution in [0, 0.1) is 0 Å². The molecule has 3 aromatic rings. The number of imidazole rings is 1. The molecule has 0 saturated carbocycles. The number of methoxy groups -OCH3 is 2. The number of benzene rings is 1. The summed E-state index contributed by atoms with van der Waals surface area (Å²) in [6, 6.07) is 9.51. The van der Waals surface area contributed by atoms with Crippen LogP contribution in [0.25, 0.3) is 0 Å². The molecule has 0 radical (unpaired) electrons. The van der Waals surface area contributed by atoms with Crippen molar-refractivity contribution >= 4 is 0 Å². The van der Waals surface area contributed by atoms with E-state index in [4.69, 9.17) is 13.9 Å². The molecule has 0 aliphatic rings. The highest BCUT2D eigenvalue weighted by atomic mass is 16.5. The van der Waals surface area contributed by atoms with Crippen molar-refractivity contribution in [1.29, 1.82) is 0 Å². The first-order valence-electron chi connectivity index (χ1n) is 7.67. The summed E-state index contributed by atoms with van der Waals surface area (Å²) in [6.45, 7) is 0.587. The molecule has 1 N–H and O–H groups in total. The van der Waals surface area contributed by atoms with E-state index in [1.54, 1.807) is 26.7 Å². The quantitative estimate of drug-likeness (QED) is 0.723. The van der Waals surface area contributed by atoms with Crippen LogP contribution in [0.3, 0.4) is 0 Å². The fraction of sp³-hybridized carbons (Fsp3) is 0.278. The van der Waals surface area contributed by atoms with Crippen molar-refractivity contribution in [3.05, 3.63) is 66.1 Å². The third-order valence-electron chi connectivity index (χ3n) is 3.88. The zero-order valence-corrected chi connectivity index (χ0v) is 14.0. The highest BCUT2D eigenvalue weighted by Crippen LogP contribution is 2.29. The second-order valence-corrected chi connectivity index (χ2v) is 5.44. The molecule has 6 heteroatoms. The molecule has 126 valence electrons. The lowest BCUT2D eigenvalue weighted by Crippen LogP contribution is -2.24. The standard InChI is InChI=1S/C18H21N3O3/c1-21-7-6-19-18(21)17(20-12-14-5-4-8-24-14)13-9-15(22-2)11-16(10-13)23-3/h4-11,17,20H,12H2,1-3H3. The van der Waals surface area contributed by atoms with E-state index in [1.807, 2.05) is 48.1 Å². The topological polar surface area (TPSA) is 61.5 Å². The summed E-state index contributed by atoms with van der Waals surface area (Å²) in [6.07, 6.45) is 5.38. The van der Waals surface area contributed by atoms with Crippen LogP contribution in [-0.4, -0.2) is 23.8 Å². The summed E-state index contributed by atoms with van der Waals surface area (Å²) in [7, 11) is 5.26. The Hall–Kier alpha value is -2.73. The molecule has 2 heterocycles. The summed E-state index contributed by atoms with van der Waals surface area (Å²) >= 11 is 0. The first-order chi connectivity index (χ1) is 11.7. The lowest BCUT2D eigenvalue weighted by Gasteiger charge is -2.20. The fourth-order valence-electron chi connectivity index (χ4n) is 2.63. The van der Waals surface area contributed by atoms with Crippen molar-refractivity contribution in [3.63, 3.8) is 0 Å². The van der Waals surface area contributed by atoms with E-state index in [0.29, 0.717) is 6.54 Å². The number of aryl methyl sites for hydroxylation is 1. The van der Waals surface area contributed by atoms with Crippen molar-refractivity contribution in [3.8, 4) is 11.5 Å². The zero-order chi connectivity index (χ0) is 16.9. The number of nitrogens with one attached hydrogen (secondary N) is 1. The first-order valence-corrected chi connectivity index (χ1v) is 7.67. The fourth-order valence-corrected chi connectivity index (χ4v) is 2.63. The van der Waals surface area contributed by atoms with Gasteiger partial charge in [-0.1, -0.05) is 0 Å². The number of hydrogen-bond acceptors (Lipinski definition) is 5. The molecule has 0 aliphatic heterocycles. The zero-order valence-electron chi connectivity index (χ0n) is 14.0. The van der Waals surface area contributed by atoms with Crippen molar-refractivity contribution in [2.24, 2.45) is 7.05 Å². The maximum atomic E-state index is 5.42. The van der Waals surface area contributed by atoms with Crippen LogP contribution in [0.5, 0.6) is 11.5 Å². The molecule has 0 bridgehead atoms. The lowest BCUT2D eigenvalue weighted by atomic mass is 10.0. The molecule has 0 saturated heterocycles. The van der Waals surface area contributed by atoms with E-state index in [2.05, 4.69) is 10.3 Å². The molecule has 6 nitrogen and oxygen atoms in total. The molecule has 0 amide bonds. The van der Waals surface area contributed by atoms with Crippen LogP contribution in [0.2, 0.25) is 0 Å². The van der Waals surface area contributed by atoms with Crippen LogP contribution in [0.15, 0.2) is 53.4 Å². The van der Waals surface area contributed by atoms with Gasteiger partial charge in [0, 0.05) is 25.5 Å². The van der Waals surface area contributed by atoms with Gasteiger partial charge in [0.15, 0.2) is 0 Å². The van der Waals surface area contributed by atoms with E-state index in [-0.39, 0.29) is 6.04 Å².